The lowest BCUT2D eigenvalue weighted by molar-refractivity contribution is 0.614. The fraction of sp³-hybridized carbons (Fsp3) is 0.250. The zero-order chi connectivity index (χ0) is 11.8. The summed E-state index contributed by atoms with van der Waals surface area (Å²) in [6.07, 6.45) is 0.768. The molecule has 0 amide bonds. The van der Waals surface area contributed by atoms with Gasteiger partial charge < -0.3 is 5.32 Å². The normalized spacial score (nSPS) is 14.6. The lowest BCUT2D eigenvalue weighted by Crippen LogP contribution is -2.27. The van der Waals surface area contributed by atoms with E-state index in [0.29, 0.717) is 12.2 Å². The van der Waals surface area contributed by atoms with Crippen molar-refractivity contribution in [2.45, 2.75) is 13.0 Å². The van der Waals surface area contributed by atoms with Crippen molar-refractivity contribution >= 4 is 0 Å². The molecule has 0 saturated carbocycles. The van der Waals surface area contributed by atoms with Crippen molar-refractivity contribution in [3.05, 3.63) is 51.7 Å². The summed E-state index contributed by atoms with van der Waals surface area (Å²) in [5, 5.41) is 5.90. The second-order valence-corrected chi connectivity index (χ2v) is 4.11. The Balaban J connectivity index is 2.18. The Kier molecular flexibility index (Phi) is 2.33. The minimum absolute atomic E-state index is 0.100. The van der Waals surface area contributed by atoms with Gasteiger partial charge in [-0.15, -0.1) is 0 Å². The molecule has 0 spiro atoms. The maximum absolute atomic E-state index is 13.2. The number of nitrogens with one attached hydrogen (secondary N) is 2. The van der Waals surface area contributed by atoms with Gasteiger partial charge in [0.15, 0.2) is 0 Å². The summed E-state index contributed by atoms with van der Waals surface area (Å²) in [7, 11) is 0. The van der Waals surface area contributed by atoms with E-state index >= 15 is 0 Å². The molecule has 0 bridgehead atoms. The zero-order valence-electron chi connectivity index (χ0n) is 9.16. The predicted molar refractivity (Wildman–Crippen MR) is 61.8 cm³/mol. The molecule has 2 N–H and O–H groups in total. The lowest BCUT2D eigenvalue weighted by atomic mass is 10.1. The van der Waals surface area contributed by atoms with E-state index in [4.69, 9.17) is 0 Å². The average molecular weight is 233 g/mol. The van der Waals surface area contributed by atoms with Crippen molar-refractivity contribution in [2.24, 2.45) is 0 Å². The summed E-state index contributed by atoms with van der Waals surface area (Å²) in [6, 6.07) is 6.22. The van der Waals surface area contributed by atoms with Crippen LogP contribution in [-0.2, 0) is 13.0 Å². The molecule has 0 aliphatic carbocycles. The molecule has 1 aliphatic rings. The van der Waals surface area contributed by atoms with Crippen LogP contribution in [0.2, 0.25) is 0 Å². The summed E-state index contributed by atoms with van der Waals surface area (Å²) in [4.78, 5) is 11.7. The summed E-state index contributed by atoms with van der Waals surface area (Å²) in [5.41, 5.74) is 2.25. The quantitative estimate of drug-likeness (QED) is 0.770. The van der Waals surface area contributed by atoms with Crippen LogP contribution in [0.4, 0.5) is 4.39 Å². The first-order valence-corrected chi connectivity index (χ1v) is 5.55. The molecular formula is C12H12FN3O. The maximum Gasteiger partial charge on any atom is 0.269 e. The molecule has 17 heavy (non-hydrogen) atoms. The van der Waals surface area contributed by atoms with Crippen LogP contribution >= 0.6 is 0 Å². The fourth-order valence-corrected chi connectivity index (χ4v) is 2.20. The number of fused-ring (bicyclic) bond motifs is 1. The van der Waals surface area contributed by atoms with Gasteiger partial charge in [-0.25, -0.2) is 4.39 Å². The van der Waals surface area contributed by atoms with Crippen molar-refractivity contribution in [1.82, 2.24) is 15.1 Å². The van der Waals surface area contributed by atoms with Gasteiger partial charge in [0, 0.05) is 19.5 Å². The van der Waals surface area contributed by atoms with Gasteiger partial charge in [-0.3, -0.25) is 14.6 Å². The van der Waals surface area contributed by atoms with Crippen molar-refractivity contribution in [1.29, 1.82) is 0 Å². The summed E-state index contributed by atoms with van der Waals surface area (Å²) >= 11 is 0. The molecule has 0 saturated heterocycles. The molecule has 0 radical (unpaired) electrons. The number of H-pyrrole nitrogens is 1. The van der Waals surface area contributed by atoms with E-state index in [1.807, 2.05) is 0 Å². The molecule has 88 valence electrons. The number of benzene rings is 1. The van der Waals surface area contributed by atoms with Gasteiger partial charge in [-0.1, -0.05) is 6.07 Å². The van der Waals surface area contributed by atoms with Crippen LogP contribution in [0, 0.1) is 5.82 Å². The highest BCUT2D eigenvalue weighted by atomic mass is 19.1. The van der Waals surface area contributed by atoms with Gasteiger partial charge in [-0.2, -0.15) is 0 Å². The highest BCUT2D eigenvalue weighted by Crippen LogP contribution is 2.15. The Morgan fingerprint density at radius 2 is 2.24 bits per heavy atom. The molecule has 1 aromatic carbocycles. The van der Waals surface area contributed by atoms with Gasteiger partial charge in [0.1, 0.15) is 5.82 Å². The Labute approximate surface area is 97.1 Å². The van der Waals surface area contributed by atoms with Crippen LogP contribution in [-0.4, -0.2) is 16.3 Å². The molecule has 3 rings (SSSR count). The third kappa shape index (κ3) is 1.68. The SMILES string of the molecule is O=c1[nH]n(-c2cccc(F)c2)c2c1CNCC2. The molecule has 0 fully saturated rings. The molecule has 0 atom stereocenters. The second-order valence-electron chi connectivity index (χ2n) is 4.11. The highest BCUT2D eigenvalue weighted by molar-refractivity contribution is 5.36. The van der Waals surface area contributed by atoms with Crippen molar-refractivity contribution < 1.29 is 4.39 Å². The topological polar surface area (TPSA) is 49.8 Å². The number of aromatic nitrogens is 2. The predicted octanol–water partition coefficient (Wildman–Crippen LogP) is 0.950. The fourth-order valence-electron chi connectivity index (χ4n) is 2.20. The number of hydrogen-bond donors (Lipinski definition) is 2. The summed E-state index contributed by atoms with van der Waals surface area (Å²) < 4.78 is 14.9. The maximum atomic E-state index is 13.2. The van der Waals surface area contributed by atoms with Crippen LogP contribution in [0.3, 0.4) is 0 Å². The summed E-state index contributed by atoms with van der Waals surface area (Å²) in [6.45, 7) is 1.41. The Hall–Kier alpha value is -1.88. The number of aromatic amines is 1. The van der Waals surface area contributed by atoms with Gasteiger partial charge in [0.05, 0.1) is 16.9 Å². The second kappa shape index (κ2) is 3.85. The largest absolute Gasteiger partial charge is 0.312 e. The Bertz CT molecular complexity index is 614. The van der Waals surface area contributed by atoms with E-state index in [0.717, 1.165) is 24.2 Å². The monoisotopic (exact) mass is 233 g/mol. The Morgan fingerprint density at radius 1 is 1.35 bits per heavy atom. The van der Waals surface area contributed by atoms with E-state index in [1.54, 1.807) is 16.8 Å². The van der Waals surface area contributed by atoms with Gasteiger partial charge >= 0.3 is 0 Å². The zero-order valence-corrected chi connectivity index (χ0v) is 9.16. The molecule has 0 unspecified atom stereocenters. The smallest absolute Gasteiger partial charge is 0.269 e. The third-order valence-corrected chi connectivity index (χ3v) is 3.01. The standard InChI is InChI=1S/C12H12FN3O/c13-8-2-1-3-9(6-8)16-11-4-5-14-7-10(11)12(17)15-16/h1-3,6,14H,4-5,7H2,(H,15,17). The number of hydrogen-bond acceptors (Lipinski definition) is 2. The lowest BCUT2D eigenvalue weighted by Gasteiger charge is -2.14. The van der Waals surface area contributed by atoms with Crippen molar-refractivity contribution in [2.75, 3.05) is 6.54 Å². The molecule has 1 aliphatic heterocycles. The molecule has 2 heterocycles. The van der Waals surface area contributed by atoms with E-state index in [9.17, 15) is 9.18 Å². The van der Waals surface area contributed by atoms with Crippen molar-refractivity contribution in [3.8, 4) is 5.69 Å². The minimum atomic E-state index is -0.306. The van der Waals surface area contributed by atoms with Crippen LogP contribution in [0.15, 0.2) is 29.1 Å². The highest BCUT2D eigenvalue weighted by Gasteiger charge is 2.18. The first-order chi connectivity index (χ1) is 8.25. The van der Waals surface area contributed by atoms with Crippen molar-refractivity contribution in [3.63, 3.8) is 0 Å². The average Bonchev–Trinajstić information content (AvgIpc) is 2.68. The number of nitrogens with zero attached hydrogens (tertiary/aromatic N) is 1. The molecule has 1 aromatic heterocycles. The first kappa shape index (κ1) is 10.3. The first-order valence-electron chi connectivity index (χ1n) is 5.55. The third-order valence-electron chi connectivity index (χ3n) is 3.01. The van der Waals surface area contributed by atoms with E-state index in [-0.39, 0.29) is 11.4 Å². The van der Waals surface area contributed by atoms with E-state index < -0.39 is 0 Å². The Morgan fingerprint density at radius 3 is 3.06 bits per heavy atom. The van der Waals surface area contributed by atoms with Crippen LogP contribution in [0.1, 0.15) is 11.3 Å². The molecule has 2 aromatic rings. The molecule has 4 nitrogen and oxygen atoms in total. The van der Waals surface area contributed by atoms with Crippen LogP contribution in [0.5, 0.6) is 0 Å². The van der Waals surface area contributed by atoms with E-state index in [1.165, 1.54) is 12.1 Å². The van der Waals surface area contributed by atoms with E-state index in [2.05, 4.69) is 10.4 Å². The van der Waals surface area contributed by atoms with Crippen LogP contribution < -0.4 is 10.9 Å². The van der Waals surface area contributed by atoms with Gasteiger partial charge in [0.25, 0.3) is 5.56 Å². The van der Waals surface area contributed by atoms with Crippen LogP contribution in [0.25, 0.3) is 5.69 Å². The van der Waals surface area contributed by atoms with Gasteiger partial charge in [-0.05, 0) is 18.2 Å². The number of halogens is 1. The molecular weight excluding hydrogens is 221 g/mol. The summed E-state index contributed by atoms with van der Waals surface area (Å²) in [5.74, 6) is -0.306. The number of rotatable bonds is 1. The minimum Gasteiger partial charge on any atom is -0.312 e. The molecule has 5 heteroatoms. The van der Waals surface area contributed by atoms with Gasteiger partial charge in [0.2, 0.25) is 0 Å².